The molecule has 0 bridgehead atoms. The Kier molecular flexibility index (Phi) is 4.37. The lowest BCUT2D eigenvalue weighted by Gasteiger charge is -2.13. The molecule has 1 aliphatic rings. The molecule has 3 heteroatoms. The number of nitrogens with two attached hydrogens (primary N) is 1. The molecule has 1 fully saturated rings. The van der Waals surface area contributed by atoms with E-state index < -0.39 is 6.04 Å². The van der Waals surface area contributed by atoms with Gasteiger partial charge in [-0.3, -0.25) is 4.79 Å². The maximum Gasteiger partial charge on any atom is 0.150 e. The Bertz CT molecular complexity index is 393. The largest absolute Gasteiger partial charge is 0.508 e. The minimum atomic E-state index is -0.407. The van der Waals surface area contributed by atoms with Crippen molar-refractivity contribution in [3.05, 3.63) is 29.8 Å². The normalized spacial score (nSPS) is 17.8. The van der Waals surface area contributed by atoms with Crippen LogP contribution in [-0.2, 0) is 11.2 Å². The molecule has 0 spiro atoms. The number of carbonyl (C=O) groups is 1. The van der Waals surface area contributed by atoms with Gasteiger partial charge >= 0.3 is 0 Å². The van der Waals surface area contributed by atoms with Crippen LogP contribution in [-0.4, -0.2) is 16.9 Å². The van der Waals surface area contributed by atoms with Gasteiger partial charge in [-0.2, -0.15) is 0 Å². The molecule has 1 saturated carbocycles. The van der Waals surface area contributed by atoms with Crippen LogP contribution >= 0.6 is 0 Å². The Balaban J connectivity index is 1.84. The molecule has 1 aromatic carbocycles. The zero-order valence-corrected chi connectivity index (χ0v) is 10.6. The Labute approximate surface area is 108 Å². The summed E-state index contributed by atoms with van der Waals surface area (Å²) in [5, 5.41) is 9.19. The summed E-state index contributed by atoms with van der Waals surface area (Å²) in [6.07, 6.45) is 6.07. The molecule has 18 heavy (non-hydrogen) atoms. The maximum absolute atomic E-state index is 12.0. The fraction of sp³-hybridized carbons (Fsp3) is 0.533. The van der Waals surface area contributed by atoms with E-state index in [-0.39, 0.29) is 11.5 Å². The van der Waals surface area contributed by atoms with Crippen LogP contribution in [0.15, 0.2) is 24.3 Å². The van der Waals surface area contributed by atoms with Crippen LogP contribution < -0.4 is 5.73 Å². The van der Waals surface area contributed by atoms with Crippen molar-refractivity contribution >= 4 is 5.78 Å². The maximum atomic E-state index is 12.0. The van der Waals surface area contributed by atoms with E-state index in [1.54, 1.807) is 12.1 Å². The molecular weight excluding hydrogens is 226 g/mol. The van der Waals surface area contributed by atoms with Gasteiger partial charge in [-0.05, 0) is 30.0 Å². The van der Waals surface area contributed by atoms with Crippen LogP contribution in [0.1, 0.15) is 37.7 Å². The summed E-state index contributed by atoms with van der Waals surface area (Å²) in [6, 6.07) is 6.48. The van der Waals surface area contributed by atoms with Gasteiger partial charge in [0, 0.05) is 6.42 Å². The fourth-order valence-corrected chi connectivity index (χ4v) is 2.65. The van der Waals surface area contributed by atoms with Crippen LogP contribution in [0.3, 0.4) is 0 Å². The number of hydrogen-bond donors (Lipinski definition) is 2. The van der Waals surface area contributed by atoms with Crippen molar-refractivity contribution in [3.63, 3.8) is 0 Å². The van der Waals surface area contributed by atoms with Crippen molar-refractivity contribution in [3.8, 4) is 5.75 Å². The minimum absolute atomic E-state index is 0.176. The molecular formula is C15H21NO2. The number of carbonyl (C=O) groups excluding carboxylic acids is 1. The molecule has 0 amide bonds. The van der Waals surface area contributed by atoms with Gasteiger partial charge in [-0.25, -0.2) is 0 Å². The molecule has 0 aliphatic heterocycles. The summed E-state index contributed by atoms with van der Waals surface area (Å²) in [5.74, 6) is 0.975. The highest BCUT2D eigenvalue weighted by Gasteiger charge is 2.22. The average molecular weight is 247 g/mol. The molecule has 2 rings (SSSR count). The number of hydrogen-bond acceptors (Lipinski definition) is 3. The quantitative estimate of drug-likeness (QED) is 0.840. The van der Waals surface area contributed by atoms with E-state index in [1.807, 2.05) is 12.1 Å². The van der Waals surface area contributed by atoms with Gasteiger partial charge in [0.25, 0.3) is 0 Å². The molecule has 0 saturated heterocycles. The third-order valence-corrected chi connectivity index (χ3v) is 3.77. The van der Waals surface area contributed by atoms with Crippen LogP contribution in [0, 0.1) is 5.92 Å². The lowest BCUT2D eigenvalue weighted by atomic mass is 9.94. The number of ketones is 1. The summed E-state index contributed by atoms with van der Waals surface area (Å²) in [6.45, 7) is 0. The predicted octanol–water partition coefficient (Wildman–Crippen LogP) is 2.41. The van der Waals surface area contributed by atoms with Gasteiger partial charge in [0.2, 0.25) is 0 Å². The highest BCUT2D eigenvalue weighted by molar-refractivity contribution is 5.84. The summed E-state index contributed by atoms with van der Waals surface area (Å²) in [4.78, 5) is 12.0. The number of rotatable bonds is 5. The van der Waals surface area contributed by atoms with Crippen LogP contribution in [0.25, 0.3) is 0 Å². The van der Waals surface area contributed by atoms with E-state index in [1.165, 1.54) is 25.7 Å². The molecule has 98 valence electrons. The first-order chi connectivity index (χ1) is 8.65. The highest BCUT2D eigenvalue weighted by Crippen LogP contribution is 2.28. The average Bonchev–Trinajstić information content (AvgIpc) is 2.85. The SMILES string of the molecule is N[C@@H](Cc1ccc(O)cc1)C(=O)CC1CCCC1. The second-order valence-electron chi connectivity index (χ2n) is 5.30. The van der Waals surface area contributed by atoms with Crippen molar-refractivity contribution in [1.29, 1.82) is 0 Å². The lowest BCUT2D eigenvalue weighted by Crippen LogP contribution is -2.33. The molecule has 3 N–H and O–H groups in total. The summed E-state index contributed by atoms with van der Waals surface area (Å²) in [5.41, 5.74) is 6.95. The molecule has 3 nitrogen and oxygen atoms in total. The summed E-state index contributed by atoms with van der Waals surface area (Å²) >= 11 is 0. The van der Waals surface area contributed by atoms with E-state index in [0.717, 1.165) is 5.56 Å². The second kappa shape index (κ2) is 6.01. The van der Waals surface area contributed by atoms with E-state index in [2.05, 4.69) is 0 Å². The first-order valence-electron chi connectivity index (χ1n) is 6.71. The van der Waals surface area contributed by atoms with Gasteiger partial charge in [0.1, 0.15) is 11.5 Å². The van der Waals surface area contributed by atoms with Crippen LogP contribution in [0.4, 0.5) is 0 Å². The van der Waals surface area contributed by atoms with Crippen LogP contribution in [0.2, 0.25) is 0 Å². The second-order valence-corrected chi connectivity index (χ2v) is 5.30. The van der Waals surface area contributed by atoms with Gasteiger partial charge in [-0.15, -0.1) is 0 Å². The molecule has 1 atom stereocenters. The lowest BCUT2D eigenvalue weighted by molar-refractivity contribution is -0.121. The van der Waals surface area contributed by atoms with Crippen molar-refractivity contribution in [1.82, 2.24) is 0 Å². The Morgan fingerprint density at radius 3 is 2.50 bits per heavy atom. The van der Waals surface area contributed by atoms with E-state index in [4.69, 9.17) is 5.73 Å². The fourth-order valence-electron chi connectivity index (χ4n) is 2.65. The Morgan fingerprint density at radius 2 is 1.89 bits per heavy atom. The number of Topliss-reactive ketones (excluding diaryl/α,β-unsaturated/α-hetero) is 1. The van der Waals surface area contributed by atoms with Gasteiger partial charge in [-0.1, -0.05) is 37.8 Å². The first-order valence-corrected chi connectivity index (χ1v) is 6.71. The van der Waals surface area contributed by atoms with Crippen molar-refractivity contribution in [2.24, 2.45) is 11.7 Å². The molecule has 0 aromatic heterocycles. The van der Waals surface area contributed by atoms with Crippen molar-refractivity contribution in [2.75, 3.05) is 0 Å². The van der Waals surface area contributed by atoms with E-state index in [9.17, 15) is 9.90 Å². The number of benzene rings is 1. The van der Waals surface area contributed by atoms with Crippen molar-refractivity contribution < 1.29 is 9.90 Å². The molecule has 0 radical (unpaired) electrons. The summed E-state index contributed by atoms with van der Waals surface area (Å²) in [7, 11) is 0. The van der Waals surface area contributed by atoms with E-state index in [0.29, 0.717) is 18.8 Å². The Hall–Kier alpha value is -1.35. The number of phenols is 1. The third kappa shape index (κ3) is 3.57. The number of aromatic hydroxyl groups is 1. The monoisotopic (exact) mass is 247 g/mol. The molecule has 1 aromatic rings. The standard InChI is InChI=1S/C15H21NO2/c16-14(9-12-5-7-13(17)8-6-12)15(18)10-11-3-1-2-4-11/h5-8,11,14,17H,1-4,9-10,16H2/t14-/m0/s1. The van der Waals surface area contributed by atoms with Gasteiger partial charge in [0.05, 0.1) is 6.04 Å². The van der Waals surface area contributed by atoms with Gasteiger partial charge in [0.15, 0.2) is 0 Å². The molecule has 0 heterocycles. The minimum Gasteiger partial charge on any atom is -0.508 e. The predicted molar refractivity (Wildman–Crippen MR) is 71.4 cm³/mol. The van der Waals surface area contributed by atoms with Crippen LogP contribution in [0.5, 0.6) is 5.75 Å². The zero-order valence-electron chi connectivity index (χ0n) is 10.6. The topological polar surface area (TPSA) is 63.3 Å². The zero-order chi connectivity index (χ0) is 13.0. The smallest absolute Gasteiger partial charge is 0.150 e. The van der Waals surface area contributed by atoms with Crippen molar-refractivity contribution in [2.45, 2.75) is 44.6 Å². The Morgan fingerprint density at radius 1 is 1.28 bits per heavy atom. The molecule has 0 unspecified atom stereocenters. The highest BCUT2D eigenvalue weighted by atomic mass is 16.3. The van der Waals surface area contributed by atoms with E-state index >= 15 is 0 Å². The first kappa shape index (κ1) is 13.1. The third-order valence-electron chi connectivity index (χ3n) is 3.77. The molecule has 1 aliphatic carbocycles. The van der Waals surface area contributed by atoms with Gasteiger partial charge < -0.3 is 10.8 Å². The summed E-state index contributed by atoms with van der Waals surface area (Å²) < 4.78 is 0. The number of phenolic OH excluding ortho intramolecular Hbond substituents is 1.